The van der Waals surface area contributed by atoms with Crippen molar-refractivity contribution in [3.8, 4) is 0 Å². The molecule has 1 N–H and O–H groups in total. The molecular formula is C15H14BrF2N. The highest BCUT2D eigenvalue weighted by Crippen LogP contribution is 2.17. The molecule has 2 aromatic carbocycles. The van der Waals surface area contributed by atoms with Gasteiger partial charge in [-0.05, 0) is 48.4 Å². The monoisotopic (exact) mass is 325 g/mol. The highest BCUT2D eigenvalue weighted by atomic mass is 79.9. The first-order chi connectivity index (χ1) is 9.04. The SMILES string of the molecule is CC(NCc1cc(F)cc(Br)c1)c1ccc(F)cc1. The van der Waals surface area contributed by atoms with E-state index in [0.717, 1.165) is 15.6 Å². The molecule has 0 bridgehead atoms. The minimum atomic E-state index is -0.263. The Kier molecular flexibility index (Phi) is 4.66. The number of hydrogen-bond donors (Lipinski definition) is 1. The molecule has 4 heteroatoms. The molecule has 1 atom stereocenters. The lowest BCUT2D eigenvalue weighted by Crippen LogP contribution is -2.18. The second-order valence-corrected chi connectivity index (χ2v) is 5.35. The summed E-state index contributed by atoms with van der Waals surface area (Å²) in [5.74, 6) is -0.509. The van der Waals surface area contributed by atoms with Gasteiger partial charge in [-0.25, -0.2) is 8.78 Å². The summed E-state index contributed by atoms with van der Waals surface area (Å²) >= 11 is 3.26. The fourth-order valence-corrected chi connectivity index (χ4v) is 2.37. The number of nitrogens with one attached hydrogen (secondary N) is 1. The van der Waals surface area contributed by atoms with E-state index in [4.69, 9.17) is 0 Å². The van der Waals surface area contributed by atoms with E-state index in [2.05, 4.69) is 21.2 Å². The molecule has 0 fully saturated rings. The largest absolute Gasteiger partial charge is 0.306 e. The van der Waals surface area contributed by atoms with Crippen LogP contribution < -0.4 is 5.32 Å². The Morgan fingerprint density at radius 3 is 2.37 bits per heavy atom. The third kappa shape index (κ3) is 4.11. The van der Waals surface area contributed by atoms with Crippen LogP contribution in [0.1, 0.15) is 24.1 Å². The molecule has 0 saturated heterocycles. The van der Waals surface area contributed by atoms with Crippen LogP contribution in [-0.2, 0) is 6.54 Å². The van der Waals surface area contributed by atoms with Crippen molar-refractivity contribution >= 4 is 15.9 Å². The molecule has 2 aromatic rings. The highest BCUT2D eigenvalue weighted by molar-refractivity contribution is 9.10. The normalized spacial score (nSPS) is 12.4. The Morgan fingerprint density at radius 1 is 1.05 bits per heavy atom. The minimum absolute atomic E-state index is 0.0719. The van der Waals surface area contributed by atoms with Gasteiger partial charge < -0.3 is 5.32 Å². The lowest BCUT2D eigenvalue weighted by molar-refractivity contribution is 0.566. The zero-order valence-corrected chi connectivity index (χ0v) is 12.0. The molecule has 0 spiro atoms. The highest BCUT2D eigenvalue weighted by Gasteiger charge is 2.06. The van der Waals surface area contributed by atoms with E-state index in [1.165, 1.54) is 24.3 Å². The molecule has 0 amide bonds. The first-order valence-corrected chi connectivity index (χ1v) is 6.78. The third-order valence-corrected chi connectivity index (χ3v) is 3.36. The maximum Gasteiger partial charge on any atom is 0.124 e. The van der Waals surface area contributed by atoms with Crippen LogP contribution in [0.2, 0.25) is 0 Å². The average molecular weight is 326 g/mol. The first-order valence-electron chi connectivity index (χ1n) is 5.98. The molecule has 0 saturated carbocycles. The fourth-order valence-electron chi connectivity index (χ4n) is 1.85. The van der Waals surface area contributed by atoms with Crippen molar-refractivity contribution in [2.75, 3.05) is 0 Å². The lowest BCUT2D eigenvalue weighted by atomic mass is 10.1. The summed E-state index contributed by atoms with van der Waals surface area (Å²) < 4.78 is 26.8. The second kappa shape index (κ2) is 6.26. The van der Waals surface area contributed by atoms with Crippen molar-refractivity contribution < 1.29 is 8.78 Å². The number of hydrogen-bond acceptors (Lipinski definition) is 1. The third-order valence-electron chi connectivity index (χ3n) is 2.90. The van der Waals surface area contributed by atoms with Crippen molar-refractivity contribution in [1.29, 1.82) is 0 Å². The van der Waals surface area contributed by atoms with Gasteiger partial charge in [0.2, 0.25) is 0 Å². The van der Waals surface area contributed by atoms with E-state index in [-0.39, 0.29) is 17.7 Å². The summed E-state index contributed by atoms with van der Waals surface area (Å²) in [7, 11) is 0. The maximum absolute atomic E-state index is 13.2. The van der Waals surface area contributed by atoms with Crippen LogP contribution in [-0.4, -0.2) is 0 Å². The van der Waals surface area contributed by atoms with Crippen LogP contribution in [0, 0.1) is 11.6 Å². The Hall–Kier alpha value is -1.26. The summed E-state index contributed by atoms with van der Waals surface area (Å²) in [6.45, 7) is 2.54. The van der Waals surface area contributed by atoms with Gasteiger partial charge in [0.15, 0.2) is 0 Å². The molecule has 0 radical (unpaired) electrons. The summed E-state index contributed by atoms with van der Waals surface area (Å²) in [6, 6.07) is 11.2. The molecule has 100 valence electrons. The van der Waals surface area contributed by atoms with E-state index in [1.807, 2.05) is 13.0 Å². The van der Waals surface area contributed by atoms with Crippen molar-refractivity contribution in [3.63, 3.8) is 0 Å². The number of benzene rings is 2. The lowest BCUT2D eigenvalue weighted by Gasteiger charge is -2.14. The second-order valence-electron chi connectivity index (χ2n) is 4.43. The predicted molar refractivity (Wildman–Crippen MR) is 75.8 cm³/mol. The molecule has 0 aliphatic carbocycles. The smallest absolute Gasteiger partial charge is 0.124 e. The molecule has 1 nitrogen and oxygen atoms in total. The van der Waals surface area contributed by atoms with Crippen molar-refractivity contribution in [1.82, 2.24) is 5.32 Å². The topological polar surface area (TPSA) is 12.0 Å². The van der Waals surface area contributed by atoms with Crippen molar-refractivity contribution in [2.45, 2.75) is 19.5 Å². The molecule has 0 heterocycles. The summed E-state index contributed by atoms with van der Waals surface area (Å²) in [5, 5.41) is 3.28. The van der Waals surface area contributed by atoms with Crippen LogP contribution in [0.4, 0.5) is 8.78 Å². The van der Waals surface area contributed by atoms with Crippen LogP contribution in [0.3, 0.4) is 0 Å². The molecular weight excluding hydrogens is 312 g/mol. The van der Waals surface area contributed by atoms with E-state index in [9.17, 15) is 8.78 Å². The summed E-state index contributed by atoms with van der Waals surface area (Å²) in [4.78, 5) is 0. The molecule has 19 heavy (non-hydrogen) atoms. The standard InChI is InChI=1S/C15H14BrF2N/c1-10(12-2-4-14(17)5-3-12)19-9-11-6-13(16)8-15(18)7-11/h2-8,10,19H,9H2,1H3. The van der Waals surface area contributed by atoms with E-state index < -0.39 is 0 Å². The van der Waals surface area contributed by atoms with Gasteiger partial charge >= 0.3 is 0 Å². The van der Waals surface area contributed by atoms with E-state index in [1.54, 1.807) is 12.1 Å². The Labute approximate surface area is 119 Å². The van der Waals surface area contributed by atoms with Crippen LogP contribution in [0.15, 0.2) is 46.9 Å². The first kappa shape index (κ1) is 14.2. The quantitative estimate of drug-likeness (QED) is 0.867. The van der Waals surface area contributed by atoms with Crippen LogP contribution >= 0.6 is 15.9 Å². The van der Waals surface area contributed by atoms with Gasteiger partial charge in [0.1, 0.15) is 11.6 Å². The Bertz CT molecular complexity index is 534. The minimum Gasteiger partial charge on any atom is -0.306 e. The van der Waals surface area contributed by atoms with Gasteiger partial charge in [-0.1, -0.05) is 28.1 Å². The van der Waals surface area contributed by atoms with Gasteiger partial charge in [-0.3, -0.25) is 0 Å². The van der Waals surface area contributed by atoms with Gasteiger partial charge in [0.25, 0.3) is 0 Å². The number of rotatable bonds is 4. The van der Waals surface area contributed by atoms with Crippen LogP contribution in [0.25, 0.3) is 0 Å². The molecule has 0 aliphatic rings. The predicted octanol–water partition coefficient (Wildman–Crippen LogP) is 4.58. The molecule has 0 aromatic heterocycles. The summed E-state index contributed by atoms with van der Waals surface area (Å²) in [5.41, 5.74) is 1.86. The average Bonchev–Trinajstić information content (AvgIpc) is 2.36. The van der Waals surface area contributed by atoms with Crippen molar-refractivity contribution in [3.05, 3.63) is 69.7 Å². The Morgan fingerprint density at radius 2 is 1.74 bits per heavy atom. The van der Waals surface area contributed by atoms with Crippen molar-refractivity contribution in [2.24, 2.45) is 0 Å². The van der Waals surface area contributed by atoms with Crippen LogP contribution in [0.5, 0.6) is 0 Å². The van der Waals surface area contributed by atoms with Gasteiger partial charge in [-0.15, -0.1) is 0 Å². The van der Waals surface area contributed by atoms with E-state index in [0.29, 0.717) is 6.54 Å². The Balaban J connectivity index is 1.99. The van der Waals surface area contributed by atoms with E-state index >= 15 is 0 Å². The van der Waals surface area contributed by atoms with Gasteiger partial charge in [-0.2, -0.15) is 0 Å². The maximum atomic E-state index is 13.2. The summed E-state index contributed by atoms with van der Waals surface area (Å²) in [6.07, 6.45) is 0. The molecule has 1 unspecified atom stereocenters. The van der Waals surface area contributed by atoms with Gasteiger partial charge in [0, 0.05) is 17.1 Å². The molecule has 2 rings (SSSR count). The zero-order valence-electron chi connectivity index (χ0n) is 10.5. The fraction of sp³-hybridized carbons (Fsp3) is 0.200. The zero-order chi connectivity index (χ0) is 13.8. The molecule has 0 aliphatic heterocycles. The van der Waals surface area contributed by atoms with Gasteiger partial charge in [0.05, 0.1) is 0 Å². The number of halogens is 3.